The van der Waals surface area contributed by atoms with E-state index in [1.165, 1.54) is 0 Å². The van der Waals surface area contributed by atoms with Crippen LogP contribution in [-0.4, -0.2) is 41.0 Å². The number of amides is 1. The zero-order valence-corrected chi connectivity index (χ0v) is 16.0. The maximum absolute atomic E-state index is 12.8. The Morgan fingerprint density at radius 1 is 1.33 bits per heavy atom. The van der Waals surface area contributed by atoms with Crippen LogP contribution in [0.5, 0.6) is 0 Å². The number of hydrogen-bond donors (Lipinski definition) is 1. The molecule has 3 aromatic heterocycles. The molecule has 0 radical (unpaired) electrons. The summed E-state index contributed by atoms with van der Waals surface area (Å²) >= 11 is 0. The number of carbonyl (C=O) groups excluding carboxylic acids is 1. The minimum absolute atomic E-state index is 0.118. The lowest BCUT2D eigenvalue weighted by molar-refractivity contribution is 0.0937. The van der Waals surface area contributed by atoms with Crippen LogP contribution in [0.3, 0.4) is 0 Å². The van der Waals surface area contributed by atoms with Crippen molar-refractivity contribution in [3.63, 3.8) is 0 Å². The molecule has 0 saturated carbocycles. The van der Waals surface area contributed by atoms with Gasteiger partial charge in [-0.1, -0.05) is 0 Å². The van der Waals surface area contributed by atoms with E-state index in [0.717, 1.165) is 11.5 Å². The number of pyridine rings is 2. The SMILES string of the molecule is CCn1cc(C(=O)NC[C@@H](c2ccco2)N(C)C)c(=O)c2ccc(C)nc21. The molecule has 0 fully saturated rings. The van der Waals surface area contributed by atoms with Crippen molar-refractivity contribution < 1.29 is 9.21 Å². The van der Waals surface area contributed by atoms with Crippen LogP contribution < -0.4 is 10.7 Å². The quantitative estimate of drug-likeness (QED) is 0.722. The van der Waals surface area contributed by atoms with E-state index in [0.29, 0.717) is 24.1 Å². The molecule has 7 heteroatoms. The van der Waals surface area contributed by atoms with Gasteiger partial charge in [0.25, 0.3) is 5.91 Å². The summed E-state index contributed by atoms with van der Waals surface area (Å²) in [6.07, 6.45) is 3.19. The number of fused-ring (bicyclic) bond motifs is 1. The molecule has 0 bridgehead atoms. The third-order valence-corrected chi connectivity index (χ3v) is 4.60. The van der Waals surface area contributed by atoms with Gasteiger partial charge in [-0.15, -0.1) is 0 Å². The number of furan rings is 1. The average Bonchev–Trinajstić information content (AvgIpc) is 3.16. The highest BCUT2D eigenvalue weighted by molar-refractivity contribution is 5.96. The molecule has 142 valence electrons. The van der Waals surface area contributed by atoms with Crippen molar-refractivity contribution in [3.8, 4) is 0 Å². The number of aryl methyl sites for hydroxylation is 2. The van der Waals surface area contributed by atoms with Crippen molar-refractivity contribution >= 4 is 16.9 Å². The fourth-order valence-corrected chi connectivity index (χ4v) is 3.07. The molecule has 0 aromatic carbocycles. The van der Waals surface area contributed by atoms with E-state index >= 15 is 0 Å². The van der Waals surface area contributed by atoms with Crippen LogP contribution in [0, 0.1) is 6.92 Å². The van der Waals surface area contributed by atoms with E-state index in [4.69, 9.17) is 4.42 Å². The second kappa shape index (κ2) is 7.75. The van der Waals surface area contributed by atoms with Crippen LogP contribution in [0.4, 0.5) is 0 Å². The van der Waals surface area contributed by atoms with Crippen molar-refractivity contribution in [3.05, 3.63) is 64.0 Å². The van der Waals surface area contributed by atoms with Gasteiger partial charge in [0.2, 0.25) is 5.43 Å². The highest BCUT2D eigenvalue weighted by atomic mass is 16.3. The van der Waals surface area contributed by atoms with Crippen LogP contribution >= 0.6 is 0 Å². The summed E-state index contributed by atoms with van der Waals surface area (Å²) in [6.45, 7) is 4.77. The Hall–Kier alpha value is -2.93. The van der Waals surface area contributed by atoms with Crippen LogP contribution in [-0.2, 0) is 6.54 Å². The first-order chi connectivity index (χ1) is 12.9. The number of carbonyl (C=O) groups is 1. The Morgan fingerprint density at radius 3 is 2.74 bits per heavy atom. The van der Waals surface area contributed by atoms with E-state index in [2.05, 4.69) is 10.3 Å². The molecule has 27 heavy (non-hydrogen) atoms. The smallest absolute Gasteiger partial charge is 0.256 e. The summed E-state index contributed by atoms with van der Waals surface area (Å²) in [4.78, 5) is 32.0. The molecule has 1 atom stereocenters. The largest absolute Gasteiger partial charge is 0.468 e. The Kier molecular flexibility index (Phi) is 5.41. The molecule has 7 nitrogen and oxygen atoms in total. The normalized spacial score (nSPS) is 12.5. The van der Waals surface area contributed by atoms with Crippen molar-refractivity contribution in [2.75, 3.05) is 20.6 Å². The summed E-state index contributed by atoms with van der Waals surface area (Å²) < 4.78 is 7.28. The minimum Gasteiger partial charge on any atom is -0.468 e. The molecule has 3 rings (SSSR count). The first-order valence-corrected chi connectivity index (χ1v) is 8.91. The van der Waals surface area contributed by atoms with E-state index in [1.54, 1.807) is 24.6 Å². The second-order valence-corrected chi connectivity index (χ2v) is 6.69. The van der Waals surface area contributed by atoms with Crippen LogP contribution in [0.1, 0.15) is 34.8 Å². The molecule has 3 aromatic rings. The van der Waals surface area contributed by atoms with Gasteiger partial charge in [-0.05, 0) is 52.2 Å². The molecular weight excluding hydrogens is 344 g/mol. The maximum atomic E-state index is 12.8. The van der Waals surface area contributed by atoms with Gasteiger partial charge in [0.15, 0.2) is 0 Å². The number of aromatic nitrogens is 2. The predicted octanol–water partition coefficient (Wildman–Crippen LogP) is 2.35. The van der Waals surface area contributed by atoms with Crippen LogP contribution in [0.15, 0.2) is 45.9 Å². The van der Waals surface area contributed by atoms with Gasteiger partial charge in [-0.2, -0.15) is 0 Å². The number of likely N-dealkylation sites (N-methyl/N-ethyl adjacent to an activating group) is 1. The summed E-state index contributed by atoms with van der Waals surface area (Å²) in [5.74, 6) is 0.354. The maximum Gasteiger partial charge on any atom is 0.256 e. The Morgan fingerprint density at radius 2 is 2.11 bits per heavy atom. The summed E-state index contributed by atoms with van der Waals surface area (Å²) in [5.41, 5.74) is 1.24. The van der Waals surface area contributed by atoms with Gasteiger partial charge in [0, 0.05) is 25.0 Å². The van der Waals surface area contributed by atoms with E-state index in [-0.39, 0.29) is 17.0 Å². The molecular formula is C20H24N4O3. The summed E-state index contributed by atoms with van der Waals surface area (Å²) in [5, 5.41) is 3.31. The van der Waals surface area contributed by atoms with Gasteiger partial charge < -0.3 is 14.3 Å². The van der Waals surface area contributed by atoms with Crippen molar-refractivity contribution in [1.29, 1.82) is 0 Å². The minimum atomic E-state index is -0.400. The van der Waals surface area contributed by atoms with Gasteiger partial charge in [0.1, 0.15) is 17.0 Å². The number of nitrogens with one attached hydrogen (secondary N) is 1. The number of nitrogens with zero attached hydrogens (tertiary/aromatic N) is 3. The third-order valence-electron chi connectivity index (χ3n) is 4.60. The standard InChI is InChI=1S/C20H24N4O3/c1-5-24-12-15(18(25)14-9-8-13(2)22-19(14)24)20(26)21-11-16(23(3)4)17-7-6-10-27-17/h6-10,12,16H,5,11H2,1-4H3,(H,21,26)/t16-/m0/s1. The van der Waals surface area contributed by atoms with Crippen LogP contribution in [0.2, 0.25) is 0 Å². The zero-order valence-electron chi connectivity index (χ0n) is 16.0. The monoisotopic (exact) mass is 368 g/mol. The lowest BCUT2D eigenvalue weighted by Crippen LogP contribution is -2.36. The van der Waals surface area contributed by atoms with Crippen molar-refractivity contribution in [2.45, 2.75) is 26.4 Å². The van der Waals surface area contributed by atoms with Gasteiger partial charge in [0.05, 0.1) is 17.7 Å². The Bertz CT molecular complexity index is 1010. The molecule has 0 unspecified atom stereocenters. The average molecular weight is 368 g/mol. The molecule has 0 spiro atoms. The van der Waals surface area contributed by atoms with E-state index in [9.17, 15) is 9.59 Å². The molecule has 0 saturated heterocycles. The molecule has 1 amide bonds. The van der Waals surface area contributed by atoms with E-state index < -0.39 is 5.91 Å². The first kappa shape index (κ1) is 18.8. The zero-order chi connectivity index (χ0) is 19.6. The van der Waals surface area contributed by atoms with E-state index in [1.807, 2.05) is 49.5 Å². The fraction of sp³-hybridized carbons (Fsp3) is 0.350. The molecule has 1 N–H and O–H groups in total. The lowest BCUT2D eigenvalue weighted by atomic mass is 10.1. The van der Waals surface area contributed by atoms with Gasteiger partial charge >= 0.3 is 0 Å². The van der Waals surface area contributed by atoms with Gasteiger partial charge in [-0.25, -0.2) is 4.98 Å². The Labute approximate surface area is 157 Å². The molecule has 0 aliphatic carbocycles. The third kappa shape index (κ3) is 3.78. The number of hydrogen-bond acceptors (Lipinski definition) is 5. The molecule has 0 aliphatic heterocycles. The second-order valence-electron chi connectivity index (χ2n) is 6.69. The summed E-state index contributed by atoms with van der Waals surface area (Å²) in [7, 11) is 3.82. The first-order valence-electron chi connectivity index (χ1n) is 8.91. The lowest BCUT2D eigenvalue weighted by Gasteiger charge is -2.22. The highest BCUT2D eigenvalue weighted by Crippen LogP contribution is 2.18. The van der Waals surface area contributed by atoms with Gasteiger partial charge in [-0.3, -0.25) is 14.5 Å². The van der Waals surface area contributed by atoms with Crippen molar-refractivity contribution in [2.24, 2.45) is 0 Å². The fourth-order valence-electron chi connectivity index (χ4n) is 3.07. The Balaban J connectivity index is 1.90. The van der Waals surface area contributed by atoms with Crippen LogP contribution in [0.25, 0.3) is 11.0 Å². The topological polar surface area (TPSA) is 80.4 Å². The predicted molar refractivity (Wildman–Crippen MR) is 104 cm³/mol. The summed E-state index contributed by atoms with van der Waals surface area (Å²) in [6, 6.07) is 7.07. The number of rotatable bonds is 6. The molecule has 0 aliphatic rings. The molecule has 3 heterocycles. The highest BCUT2D eigenvalue weighted by Gasteiger charge is 2.20. The van der Waals surface area contributed by atoms with Crippen molar-refractivity contribution in [1.82, 2.24) is 19.8 Å².